The minimum atomic E-state index is 0.119. The molecule has 0 N–H and O–H groups in total. The summed E-state index contributed by atoms with van der Waals surface area (Å²) in [6.45, 7) is 4.65. The molecule has 0 saturated carbocycles. The van der Waals surface area contributed by atoms with Gasteiger partial charge in [-0.1, -0.05) is 22.9 Å². The number of amides is 1. The molecule has 0 aromatic rings. The van der Waals surface area contributed by atoms with Gasteiger partial charge in [-0.05, 0) is 5.92 Å². The summed E-state index contributed by atoms with van der Waals surface area (Å²) in [6.07, 6.45) is 0. The first-order valence-electron chi connectivity index (χ1n) is 4.15. The molecule has 12 heavy (non-hydrogen) atoms. The normalized spacial score (nSPS) is 21.2. The molecule has 1 amide bonds. The SMILES string of the molecule is CC(CBr)CN1CCOCC1=O. The maximum absolute atomic E-state index is 11.2. The second-order valence-corrected chi connectivity index (χ2v) is 3.80. The number of carbonyl (C=O) groups excluding carboxylic acids is 1. The van der Waals surface area contributed by atoms with E-state index in [1.54, 1.807) is 0 Å². The molecule has 0 aromatic heterocycles. The van der Waals surface area contributed by atoms with Gasteiger partial charge >= 0.3 is 0 Å². The van der Waals surface area contributed by atoms with Crippen LogP contribution in [0.25, 0.3) is 0 Å². The standard InChI is InChI=1S/C8H14BrNO2/c1-7(4-9)5-10-2-3-12-6-8(10)11/h7H,2-6H2,1H3. The summed E-state index contributed by atoms with van der Waals surface area (Å²) in [5, 5.41) is 0.942. The van der Waals surface area contributed by atoms with Gasteiger partial charge in [-0.2, -0.15) is 0 Å². The molecule has 0 spiro atoms. The van der Waals surface area contributed by atoms with Crippen molar-refractivity contribution in [2.45, 2.75) is 6.92 Å². The highest BCUT2D eigenvalue weighted by atomic mass is 79.9. The molecule has 1 atom stereocenters. The average molecular weight is 236 g/mol. The number of hydrogen-bond donors (Lipinski definition) is 0. The molecule has 1 heterocycles. The van der Waals surface area contributed by atoms with Gasteiger partial charge in [-0.25, -0.2) is 0 Å². The first-order chi connectivity index (χ1) is 5.74. The molecule has 1 fully saturated rings. The lowest BCUT2D eigenvalue weighted by molar-refractivity contribution is -0.143. The van der Waals surface area contributed by atoms with E-state index in [2.05, 4.69) is 22.9 Å². The molecule has 0 aliphatic carbocycles. The van der Waals surface area contributed by atoms with Crippen molar-refractivity contribution in [3.63, 3.8) is 0 Å². The summed E-state index contributed by atoms with van der Waals surface area (Å²) < 4.78 is 5.02. The van der Waals surface area contributed by atoms with Gasteiger partial charge in [-0.15, -0.1) is 0 Å². The van der Waals surface area contributed by atoms with Crippen LogP contribution in [0.1, 0.15) is 6.92 Å². The largest absolute Gasteiger partial charge is 0.370 e. The maximum Gasteiger partial charge on any atom is 0.248 e. The van der Waals surface area contributed by atoms with Crippen LogP contribution in [-0.2, 0) is 9.53 Å². The van der Waals surface area contributed by atoms with Gasteiger partial charge in [0.15, 0.2) is 0 Å². The highest BCUT2D eigenvalue weighted by Gasteiger charge is 2.19. The summed E-state index contributed by atoms with van der Waals surface area (Å²) in [5.74, 6) is 0.640. The molecular weight excluding hydrogens is 222 g/mol. The zero-order chi connectivity index (χ0) is 8.97. The Kier molecular flexibility index (Phi) is 4.01. The molecular formula is C8H14BrNO2. The smallest absolute Gasteiger partial charge is 0.248 e. The molecule has 1 aliphatic rings. The van der Waals surface area contributed by atoms with Crippen LogP contribution in [0.3, 0.4) is 0 Å². The number of hydrogen-bond acceptors (Lipinski definition) is 2. The molecule has 70 valence electrons. The fourth-order valence-corrected chi connectivity index (χ4v) is 1.37. The second-order valence-electron chi connectivity index (χ2n) is 3.15. The van der Waals surface area contributed by atoms with E-state index in [0.717, 1.165) is 18.4 Å². The van der Waals surface area contributed by atoms with E-state index in [1.807, 2.05) is 4.90 Å². The molecule has 1 unspecified atom stereocenters. The van der Waals surface area contributed by atoms with Crippen molar-refractivity contribution >= 4 is 21.8 Å². The minimum absolute atomic E-state index is 0.119. The molecule has 1 rings (SSSR count). The van der Waals surface area contributed by atoms with Crippen molar-refractivity contribution < 1.29 is 9.53 Å². The third kappa shape index (κ3) is 2.75. The zero-order valence-corrected chi connectivity index (χ0v) is 8.84. The number of carbonyl (C=O) groups is 1. The van der Waals surface area contributed by atoms with Gasteiger partial charge in [0.25, 0.3) is 0 Å². The first kappa shape index (κ1) is 9.99. The lowest BCUT2D eigenvalue weighted by Gasteiger charge is -2.28. The Morgan fingerprint density at radius 1 is 1.75 bits per heavy atom. The van der Waals surface area contributed by atoms with E-state index in [-0.39, 0.29) is 12.5 Å². The van der Waals surface area contributed by atoms with Crippen LogP contribution >= 0.6 is 15.9 Å². The van der Waals surface area contributed by atoms with Crippen LogP contribution in [0, 0.1) is 5.92 Å². The number of rotatable bonds is 3. The van der Waals surface area contributed by atoms with Crippen molar-refractivity contribution in [2.75, 3.05) is 31.6 Å². The van der Waals surface area contributed by atoms with Crippen molar-refractivity contribution in [3.8, 4) is 0 Å². The van der Waals surface area contributed by atoms with E-state index in [1.165, 1.54) is 0 Å². The summed E-state index contributed by atoms with van der Waals surface area (Å²) in [6, 6.07) is 0. The van der Waals surface area contributed by atoms with Crippen molar-refractivity contribution in [1.82, 2.24) is 4.90 Å². The Bertz CT molecular complexity index is 163. The topological polar surface area (TPSA) is 29.5 Å². The fraction of sp³-hybridized carbons (Fsp3) is 0.875. The van der Waals surface area contributed by atoms with Crippen LogP contribution in [0.15, 0.2) is 0 Å². The summed E-state index contributed by atoms with van der Waals surface area (Å²) in [5.41, 5.74) is 0. The van der Waals surface area contributed by atoms with Crippen LogP contribution < -0.4 is 0 Å². The third-order valence-corrected chi connectivity index (χ3v) is 2.98. The maximum atomic E-state index is 11.2. The molecule has 0 bridgehead atoms. The third-order valence-electron chi connectivity index (χ3n) is 1.88. The highest BCUT2D eigenvalue weighted by Crippen LogP contribution is 2.06. The van der Waals surface area contributed by atoms with Crippen LogP contribution in [0.4, 0.5) is 0 Å². The fourth-order valence-electron chi connectivity index (χ4n) is 1.17. The summed E-state index contributed by atoms with van der Waals surface area (Å²) in [4.78, 5) is 13.1. The number of morpholine rings is 1. The average Bonchev–Trinajstić information content (AvgIpc) is 2.09. The van der Waals surface area contributed by atoms with Gasteiger partial charge in [0.1, 0.15) is 6.61 Å². The van der Waals surface area contributed by atoms with E-state index >= 15 is 0 Å². The number of alkyl halides is 1. The van der Waals surface area contributed by atoms with E-state index in [9.17, 15) is 4.79 Å². The van der Waals surface area contributed by atoms with Gasteiger partial charge in [0.05, 0.1) is 6.61 Å². The molecule has 1 aliphatic heterocycles. The summed E-state index contributed by atoms with van der Waals surface area (Å²) >= 11 is 3.39. The lowest BCUT2D eigenvalue weighted by atomic mass is 10.2. The van der Waals surface area contributed by atoms with Gasteiger partial charge < -0.3 is 9.64 Å². The number of halogens is 1. The molecule has 0 radical (unpaired) electrons. The number of nitrogens with zero attached hydrogens (tertiary/aromatic N) is 1. The van der Waals surface area contributed by atoms with Gasteiger partial charge in [-0.3, -0.25) is 4.79 Å². The Hall–Kier alpha value is -0.0900. The Balaban J connectivity index is 2.34. The number of ether oxygens (including phenoxy) is 1. The van der Waals surface area contributed by atoms with E-state index < -0.39 is 0 Å². The first-order valence-corrected chi connectivity index (χ1v) is 5.27. The van der Waals surface area contributed by atoms with E-state index in [4.69, 9.17) is 4.74 Å². The Labute approximate surface area is 81.2 Å². The Morgan fingerprint density at radius 3 is 3.08 bits per heavy atom. The molecule has 0 aromatic carbocycles. The molecule has 3 nitrogen and oxygen atoms in total. The zero-order valence-electron chi connectivity index (χ0n) is 7.25. The summed E-state index contributed by atoms with van der Waals surface area (Å²) in [7, 11) is 0. The predicted octanol–water partition coefficient (Wildman–Crippen LogP) is 0.876. The second kappa shape index (κ2) is 4.82. The van der Waals surface area contributed by atoms with Crippen LogP contribution in [0.5, 0.6) is 0 Å². The van der Waals surface area contributed by atoms with Crippen molar-refractivity contribution in [2.24, 2.45) is 5.92 Å². The van der Waals surface area contributed by atoms with Crippen LogP contribution in [0.2, 0.25) is 0 Å². The monoisotopic (exact) mass is 235 g/mol. The molecule has 1 saturated heterocycles. The van der Waals surface area contributed by atoms with Crippen molar-refractivity contribution in [3.05, 3.63) is 0 Å². The predicted molar refractivity (Wildman–Crippen MR) is 50.4 cm³/mol. The highest BCUT2D eigenvalue weighted by molar-refractivity contribution is 9.09. The van der Waals surface area contributed by atoms with E-state index in [0.29, 0.717) is 12.5 Å². The van der Waals surface area contributed by atoms with Crippen LogP contribution in [-0.4, -0.2) is 42.4 Å². The van der Waals surface area contributed by atoms with Crippen molar-refractivity contribution in [1.29, 1.82) is 0 Å². The van der Waals surface area contributed by atoms with Gasteiger partial charge in [0, 0.05) is 18.4 Å². The van der Waals surface area contributed by atoms with Gasteiger partial charge in [0.2, 0.25) is 5.91 Å². The molecule has 4 heteroatoms. The lowest BCUT2D eigenvalue weighted by Crippen LogP contribution is -2.43. The minimum Gasteiger partial charge on any atom is -0.370 e. The Morgan fingerprint density at radius 2 is 2.50 bits per heavy atom. The quantitative estimate of drug-likeness (QED) is 0.680.